The van der Waals surface area contributed by atoms with Crippen LogP contribution in [0.4, 0.5) is 5.82 Å². The number of hydrogen-bond donors (Lipinski definition) is 2. The van der Waals surface area contributed by atoms with Crippen molar-refractivity contribution in [3.8, 4) is 16.9 Å². The van der Waals surface area contributed by atoms with Gasteiger partial charge in [0.05, 0.1) is 12.8 Å². The molecule has 1 amide bonds. The topological polar surface area (TPSA) is 119 Å². The van der Waals surface area contributed by atoms with E-state index in [0.29, 0.717) is 23.2 Å². The fraction of sp³-hybridized carbons (Fsp3) is 0.261. The van der Waals surface area contributed by atoms with E-state index in [4.69, 9.17) is 4.74 Å². The number of amides is 1. The average molecular weight is 469 g/mol. The normalized spacial score (nSPS) is 13.9. The third-order valence-electron chi connectivity index (χ3n) is 5.40. The Morgan fingerprint density at radius 1 is 1.12 bits per heavy atom. The van der Waals surface area contributed by atoms with Crippen LogP contribution in [0.2, 0.25) is 0 Å². The van der Waals surface area contributed by atoms with Gasteiger partial charge in [0.25, 0.3) is 0 Å². The third kappa shape index (κ3) is 4.53. The van der Waals surface area contributed by atoms with Gasteiger partial charge in [-0.3, -0.25) is 9.59 Å². The fourth-order valence-electron chi connectivity index (χ4n) is 3.73. The Kier molecular flexibility index (Phi) is 6.30. The van der Waals surface area contributed by atoms with Gasteiger partial charge in [-0.1, -0.05) is 43.3 Å². The zero-order chi connectivity index (χ0) is 23.6. The van der Waals surface area contributed by atoms with Crippen molar-refractivity contribution in [1.29, 1.82) is 0 Å². The van der Waals surface area contributed by atoms with Crippen LogP contribution in [0.3, 0.4) is 0 Å². The molecule has 1 aliphatic heterocycles. The minimum Gasteiger partial charge on any atom is -0.495 e. The minimum absolute atomic E-state index is 0.0493. The molecule has 2 heterocycles. The Morgan fingerprint density at radius 3 is 2.58 bits per heavy atom. The van der Waals surface area contributed by atoms with Gasteiger partial charge in [-0.2, -0.15) is 9.78 Å². The second kappa shape index (κ2) is 9.16. The number of benzene rings is 2. The highest BCUT2D eigenvalue weighted by atomic mass is 32.2. The van der Waals surface area contributed by atoms with Crippen molar-refractivity contribution in [3.63, 3.8) is 0 Å². The standard InChI is InChI=1S/C23H24N4O5S/c1-3-17-22(23-25-20(28)11-12-21(29)27(23)26-17)16-9-10-18(32-2)19(13-16)33(30,31)24-14-15-7-5-4-6-8-15/h4-10,13,24H,3,11-12,14H2,1-2H3,(H,25,28). The molecular formula is C23H24N4O5S. The molecule has 33 heavy (non-hydrogen) atoms. The van der Waals surface area contributed by atoms with Crippen LogP contribution >= 0.6 is 0 Å². The maximum atomic E-state index is 13.2. The number of carbonyl (C=O) groups excluding carboxylic acids is 2. The number of ether oxygens (including phenoxy) is 1. The van der Waals surface area contributed by atoms with E-state index in [1.807, 2.05) is 37.3 Å². The summed E-state index contributed by atoms with van der Waals surface area (Å²) in [6.45, 7) is 1.99. The smallest absolute Gasteiger partial charge is 0.249 e. The van der Waals surface area contributed by atoms with Crippen molar-refractivity contribution in [3.05, 3.63) is 59.8 Å². The lowest BCUT2D eigenvalue weighted by atomic mass is 10.0. The first-order valence-electron chi connectivity index (χ1n) is 10.5. The molecule has 1 aromatic heterocycles. The SMILES string of the molecule is CCc1nn2c(c1-c1ccc(OC)c(S(=O)(=O)NCc3ccccc3)c1)NC(=O)CCC2=O. The van der Waals surface area contributed by atoms with Crippen LogP contribution in [0, 0.1) is 0 Å². The molecule has 0 spiro atoms. The summed E-state index contributed by atoms with van der Waals surface area (Å²) in [7, 11) is -2.54. The molecule has 0 atom stereocenters. The summed E-state index contributed by atoms with van der Waals surface area (Å²) in [5.41, 5.74) is 2.41. The van der Waals surface area contributed by atoms with E-state index >= 15 is 0 Å². The molecule has 2 aromatic carbocycles. The van der Waals surface area contributed by atoms with Gasteiger partial charge in [-0.25, -0.2) is 13.1 Å². The quantitative estimate of drug-likeness (QED) is 0.550. The number of nitrogens with one attached hydrogen (secondary N) is 2. The van der Waals surface area contributed by atoms with Gasteiger partial charge in [0.1, 0.15) is 16.5 Å². The van der Waals surface area contributed by atoms with Crippen LogP contribution in [0.15, 0.2) is 53.4 Å². The van der Waals surface area contributed by atoms with E-state index in [2.05, 4.69) is 15.1 Å². The Balaban J connectivity index is 1.79. The summed E-state index contributed by atoms with van der Waals surface area (Å²) in [6.07, 6.45) is 0.600. The molecule has 9 nitrogen and oxygen atoms in total. The summed E-state index contributed by atoms with van der Waals surface area (Å²) in [4.78, 5) is 24.6. The highest BCUT2D eigenvalue weighted by Crippen LogP contribution is 2.37. The first kappa shape index (κ1) is 22.7. The molecule has 4 rings (SSSR count). The lowest BCUT2D eigenvalue weighted by Gasteiger charge is -2.14. The molecule has 0 saturated heterocycles. The van der Waals surface area contributed by atoms with Crippen LogP contribution in [-0.2, 0) is 27.8 Å². The van der Waals surface area contributed by atoms with Crippen LogP contribution in [-0.4, -0.2) is 37.1 Å². The summed E-state index contributed by atoms with van der Waals surface area (Å²) < 4.78 is 35.5. The Hall–Kier alpha value is -3.50. The van der Waals surface area contributed by atoms with E-state index in [9.17, 15) is 18.0 Å². The van der Waals surface area contributed by atoms with Crippen molar-refractivity contribution in [2.45, 2.75) is 37.6 Å². The third-order valence-corrected chi connectivity index (χ3v) is 6.83. The fourth-order valence-corrected chi connectivity index (χ4v) is 4.94. The van der Waals surface area contributed by atoms with Crippen LogP contribution < -0.4 is 14.8 Å². The highest BCUT2D eigenvalue weighted by molar-refractivity contribution is 7.89. The molecule has 10 heteroatoms. The number of aryl methyl sites for hydroxylation is 1. The molecule has 2 N–H and O–H groups in total. The van der Waals surface area contributed by atoms with Gasteiger partial charge < -0.3 is 10.1 Å². The number of carbonyl (C=O) groups is 2. The van der Waals surface area contributed by atoms with Crippen molar-refractivity contribution < 1.29 is 22.7 Å². The number of hydrogen-bond acceptors (Lipinski definition) is 6. The molecule has 3 aromatic rings. The molecular weight excluding hydrogens is 444 g/mol. The molecule has 0 aliphatic carbocycles. The largest absolute Gasteiger partial charge is 0.495 e. The van der Waals surface area contributed by atoms with Crippen molar-refractivity contribution in [2.24, 2.45) is 0 Å². The number of fused-ring (bicyclic) bond motifs is 1. The average Bonchev–Trinajstić information content (AvgIpc) is 3.13. The lowest BCUT2D eigenvalue weighted by Crippen LogP contribution is -2.23. The van der Waals surface area contributed by atoms with Crippen LogP contribution in [0.1, 0.15) is 35.8 Å². The first-order chi connectivity index (χ1) is 15.8. The van der Waals surface area contributed by atoms with Gasteiger partial charge in [-0.05, 0) is 29.7 Å². The lowest BCUT2D eigenvalue weighted by molar-refractivity contribution is -0.116. The molecule has 0 fully saturated rings. The molecule has 0 bridgehead atoms. The van der Waals surface area contributed by atoms with E-state index in [1.54, 1.807) is 12.1 Å². The number of methoxy groups -OCH3 is 1. The number of aromatic nitrogens is 2. The van der Waals surface area contributed by atoms with Gasteiger partial charge in [0, 0.05) is 24.9 Å². The molecule has 172 valence electrons. The van der Waals surface area contributed by atoms with Crippen molar-refractivity contribution in [2.75, 3.05) is 12.4 Å². The van der Waals surface area contributed by atoms with Crippen LogP contribution in [0.25, 0.3) is 11.1 Å². The van der Waals surface area contributed by atoms with Crippen LogP contribution in [0.5, 0.6) is 5.75 Å². The van der Waals surface area contributed by atoms with Gasteiger partial charge in [0.15, 0.2) is 0 Å². The summed E-state index contributed by atoms with van der Waals surface area (Å²) in [5, 5.41) is 7.14. The van der Waals surface area contributed by atoms with Crippen molar-refractivity contribution in [1.82, 2.24) is 14.5 Å². The Bertz CT molecular complexity index is 1320. The van der Waals surface area contributed by atoms with E-state index in [0.717, 1.165) is 5.56 Å². The Morgan fingerprint density at radius 2 is 1.88 bits per heavy atom. The second-order valence-electron chi connectivity index (χ2n) is 7.55. The monoisotopic (exact) mass is 468 g/mol. The predicted molar refractivity (Wildman–Crippen MR) is 123 cm³/mol. The summed E-state index contributed by atoms with van der Waals surface area (Å²) in [6, 6.07) is 13.9. The maximum Gasteiger partial charge on any atom is 0.249 e. The maximum absolute atomic E-state index is 13.2. The number of rotatable bonds is 7. The van der Waals surface area contributed by atoms with Gasteiger partial charge in [0.2, 0.25) is 21.8 Å². The predicted octanol–water partition coefficient (Wildman–Crippen LogP) is 2.97. The van der Waals surface area contributed by atoms with Gasteiger partial charge in [-0.15, -0.1) is 0 Å². The minimum atomic E-state index is -3.94. The van der Waals surface area contributed by atoms with E-state index in [-0.39, 0.29) is 47.7 Å². The van der Waals surface area contributed by atoms with E-state index in [1.165, 1.54) is 17.9 Å². The zero-order valence-corrected chi connectivity index (χ0v) is 19.1. The number of sulfonamides is 1. The second-order valence-corrected chi connectivity index (χ2v) is 9.29. The Labute approximate surface area is 191 Å². The summed E-state index contributed by atoms with van der Waals surface area (Å²) >= 11 is 0. The van der Waals surface area contributed by atoms with Crippen molar-refractivity contribution >= 4 is 27.7 Å². The summed E-state index contributed by atoms with van der Waals surface area (Å²) in [5.74, 6) is -0.159. The number of anilines is 1. The molecule has 0 unspecified atom stereocenters. The molecule has 0 radical (unpaired) electrons. The first-order valence-corrected chi connectivity index (χ1v) is 12.0. The molecule has 0 saturated carbocycles. The zero-order valence-electron chi connectivity index (χ0n) is 18.3. The van der Waals surface area contributed by atoms with Gasteiger partial charge >= 0.3 is 0 Å². The number of nitrogens with zero attached hydrogens (tertiary/aromatic N) is 2. The highest BCUT2D eigenvalue weighted by Gasteiger charge is 2.28. The van der Waals surface area contributed by atoms with E-state index < -0.39 is 10.0 Å². The molecule has 1 aliphatic rings.